The van der Waals surface area contributed by atoms with Crippen LogP contribution in [0.15, 0.2) is 22.7 Å². The van der Waals surface area contributed by atoms with E-state index in [1.165, 1.54) is 12.8 Å². The average Bonchev–Trinajstić information content (AvgIpc) is 3.51. The van der Waals surface area contributed by atoms with Gasteiger partial charge in [0.05, 0.1) is 20.8 Å². The summed E-state index contributed by atoms with van der Waals surface area (Å²) < 4.78 is 16.1. The first-order valence-electron chi connectivity index (χ1n) is 11.4. The number of carbonyl (C=O) groups excluding carboxylic acids is 1. The highest BCUT2D eigenvalue weighted by molar-refractivity contribution is 5.78. The molecule has 9 heteroatoms. The molecule has 3 heterocycles. The summed E-state index contributed by atoms with van der Waals surface area (Å²) in [5.74, 6) is 2.66. The molecule has 2 fully saturated rings. The summed E-state index contributed by atoms with van der Waals surface area (Å²) in [4.78, 5) is 21.7. The van der Waals surface area contributed by atoms with E-state index in [1.54, 1.807) is 14.2 Å². The van der Waals surface area contributed by atoms with Crippen molar-refractivity contribution in [2.75, 3.05) is 53.5 Å². The Balaban J connectivity index is 1.23. The molecule has 2 aromatic rings. The Hall–Kier alpha value is -2.65. The van der Waals surface area contributed by atoms with Gasteiger partial charge < -0.3 is 24.2 Å². The number of hydrogen-bond acceptors (Lipinski definition) is 8. The molecule has 0 radical (unpaired) electrons. The van der Waals surface area contributed by atoms with Crippen LogP contribution < -0.4 is 14.8 Å². The van der Waals surface area contributed by atoms with E-state index in [0.717, 1.165) is 57.7 Å². The van der Waals surface area contributed by atoms with Crippen LogP contribution in [0.2, 0.25) is 0 Å². The Labute approximate surface area is 189 Å². The number of aromatic nitrogens is 2. The van der Waals surface area contributed by atoms with Crippen LogP contribution in [0.4, 0.5) is 0 Å². The molecule has 0 atom stereocenters. The number of methoxy groups -OCH3 is 2. The molecule has 4 rings (SSSR count). The quantitative estimate of drug-likeness (QED) is 0.630. The van der Waals surface area contributed by atoms with E-state index in [-0.39, 0.29) is 11.8 Å². The summed E-state index contributed by atoms with van der Waals surface area (Å²) in [5.41, 5.74) is 0.807. The maximum atomic E-state index is 12.5. The first-order valence-corrected chi connectivity index (χ1v) is 11.4. The molecule has 0 bridgehead atoms. The lowest BCUT2D eigenvalue weighted by Crippen LogP contribution is -2.42. The average molecular weight is 444 g/mol. The third-order valence-corrected chi connectivity index (χ3v) is 6.35. The zero-order valence-corrected chi connectivity index (χ0v) is 19.0. The largest absolute Gasteiger partial charge is 0.493 e. The van der Waals surface area contributed by atoms with Crippen LogP contribution in [0.25, 0.3) is 11.4 Å². The van der Waals surface area contributed by atoms with Crippen LogP contribution in [0, 0.1) is 5.92 Å². The Kier molecular flexibility index (Phi) is 7.59. The van der Waals surface area contributed by atoms with Crippen molar-refractivity contribution in [1.29, 1.82) is 0 Å². The molecule has 0 aliphatic carbocycles. The molecular weight excluding hydrogens is 410 g/mol. The van der Waals surface area contributed by atoms with Gasteiger partial charge >= 0.3 is 0 Å². The summed E-state index contributed by atoms with van der Waals surface area (Å²) >= 11 is 0. The fourth-order valence-corrected chi connectivity index (χ4v) is 4.44. The highest BCUT2D eigenvalue weighted by Gasteiger charge is 2.26. The van der Waals surface area contributed by atoms with E-state index < -0.39 is 0 Å². The van der Waals surface area contributed by atoms with Crippen LogP contribution in [0.3, 0.4) is 0 Å². The minimum atomic E-state index is 0.0924. The Morgan fingerprint density at radius 3 is 2.56 bits per heavy atom. The number of amides is 1. The van der Waals surface area contributed by atoms with E-state index in [4.69, 9.17) is 14.0 Å². The smallest absolute Gasteiger partial charge is 0.241 e. The topological polar surface area (TPSA) is 93.0 Å². The van der Waals surface area contributed by atoms with Crippen LogP contribution in [0.1, 0.15) is 31.6 Å². The summed E-state index contributed by atoms with van der Waals surface area (Å²) in [7, 11) is 3.20. The number of likely N-dealkylation sites (tertiary alicyclic amines) is 2. The number of ether oxygens (including phenoxy) is 2. The highest BCUT2D eigenvalue weighted by atomic mass is 16.5. The first kappa shape index (κ1) is 22.5. The van der Waals surface area contributed by atoms with Gasteiger partial charge in [0.25, 0.3) is 0 Å². The number of rotatable bonds is 9. The fraction of sp³-hybridized carbons (Fsp3) is 0.609. The monoisotopic (exact) mass is 443 g/mol. The van der Waals surface area contributed by atoms with Gasteiger partial charge in [-0.2, -0.15) is 4.98 Å². The number of piperidine rings is 1. The molecular formula is C23H33N5O4. The minimum Gasteiger partial charge on any atom is -0.493 e. The number of hydrogen-bond donors (Lipinski definition) is 1. The van der Waals surface area contributed by atoms with Crippen molar-refractivity contribution in [2.24, 2.45) is 5.92 Å². The summed E-state index contributed by atoms with van der Waals surface area (Å²) in [6, 6.07) is 5.54. The van der Waals surface area contributed by atoms with Gasteiger partial charge in [-0.15, -0.1) is 0 Å². The molecule has 2 saturated heterocycles. The van der Waals surface area contributed by atoms with Gasteiger partial charge in [-0.3, -0.25) is 9.69 Å². The van der Waals surface area contributed by atoms with Gasteiger partial charge in [0, 0.05) is 24.6 Å². The standard InChI is InChI=1S/C23H33N5O4/c1-30-19-6-5-18(15-20(19)31-2)22-25-21(32-26-22)16-28-12-7-17(8-13-28)23(29)24-9-14-27-10-3-4-11-27/h5-6,15,17H,3-4,7-14,16H2,1-2H3,(H,24,29). The summed E-state index contributed by atoms with van der Waals surface area (Å²) in [5, 5.41) is 7.24. The molecule has 1 aromatic carbocycles. The third kappa shape index (κ3) is 5.58. The predicted octanol–water partition coefficient (Wildman–Crippen LogP) is 2.18. The zero-order valence-electron chi connectivity index (χ0n) is 19.0. The highest BCUT2D eigenvalue weighted by Crippen LogP contribution is 2.31. The van der Waals surface area contributed by atoms with Gasteiger partial charge in [-0.05, 0) is 70.1 Å². The van der Waals surface area contributed by atoms with E-state index in [2.05, 4.69) is 25.3 Å². The van der Waals surface area contributed by atoms with Crippen molar-refractivity contribution in [3.8, 4) is 22.9 Å². The Morgan fingerprint density at radius 1 is 1.09 bits per heavy atom. The molecule has 0 saturated carbocycles. The maximum absolute atomic E-state index is 12.5. The lowest BCUT2D eigenvalue weighted by atomic mass is 9.96. The van der Waals surface area contributed by atoms with E-state index in [0.29, 0.717) is 29.8 Å². The second-order valence-electron chi connectivity index (χ2n) is 8.47. The maximum Gasteiger partial charge on any atom is 0.241 e. The molecule has 2 aliphatic rings. The van der Waals surface area contributed by atoms with Crippen LogP contribution in [0.5, 0.6) is 11.5 Å². The number of nitrogens with zero attached hydrogens (tertiary/aromatic N) is 4. The summed E-state index contributed by atoms with van der Waals surface area (Å²) in [6.07, 6.45) is 4.27. The van der Waals surface area contributed by atoms with Gasteiger partial charge in [-0.25, -0.2) is 0 Å². The van der Waals surface area contributed by atoms with Crippen LogP contribution in [-0.2, 0) is 11.3 Å². The van der Waals surface area contributed by atoms with Gasteiger partial charge in [0.2, 0.25) is 17.6 Å². The molecule has 0 unspecified atom stereocenters. The van der Waals surface area contributed by atoms with Gasteiger partial charge in [0.15, 0.2) is 11.5 Å². The molecule has 2 aliphatic heterocycles. The van der Waals surface area contributed by atoms with E-state index in [9.17, 15) is 4.79 Å². The molecule has 1 aromatic heterocycles. The Morgan fingerprint density at radius 2 is 1.84 bits per heavy atom. The van der Waals surface area contributed by atoms with E-state index in [1.807, 2.05) is 18.2 Å². The van der Waals surface area contributed by atoms with Crippen molar-refractivity contribution in [3.05, 3.63) is 24.1 Å². The lowest BCUT2D eigenvalue weighted by Gasteiger charge is -2.30. The first-order chi connectivity index (χ1) is 15.7. The molecule has 1 amide bonds. The number of benzene rings is 1. The number of nitrogens with one attached hydrogen (secondary N) is 1. The molecule has 32 heavy (non-hydrogen) atoms. The van der Waals surface area contributed by atoms with Crippen molar-refractivity contribution in [3.63, 3.8) is 0 Å². The summed E-state index contributed by atoms with van der Waals surface area (Å²) in [6.45, 7) is 6.32. The second kappa shape index (κ2) is 10.8. The zero-order chi connectivity index (χ0) is 22.3. The third-order valence-electron chi connectivity index (χ3n) is 6.35. The fourth-order valence-electron chi connectivity index (χ4n) is 4.44. The SMILES string of the molecule is COc1ccc(-c2noc(CN3CCC(C(=O)NCCN4CCCC4)CC3)n2)cc1OC. The van der Waals surface area contributed by atoms with E-state index >= 15 is 0 Å². The van der Waals surface area contributed by atoms with Crippen LogP contribution in [-0.4, -0.2) is 79.3 Å². The molecule has 1 N–H and O–H groups in total. The molecule has 174 valence electrons. The normalized spacial score (nSPS) is 18.1. The van der Waals surface area contributed by atoms with Gasteiger partial charge in [-0.1, -0.05) is 5.16 Å². The van der Waals surface area contributed by atoms with Crippen molar-refractivity contribution in [2.45, 2.75) is 32.2 Å². The minimum absolute atomic E-state index is 0.0924. The van der Waals surface area contributed by atoms with Crippen molar-refractivity contribution in [1.82, 2.24) is 25.3 Å². The Bertz CT molecular complexity index is 888. The predicted molar refractivity (Wildman–Crippen MR) is 120 cm³/mol. The lowest BCUT2D eigenvalue weighted by molar-refractivity contribution is -0.126. The van der Waals surface area contributed by atoms with Crippen molar-refractivity contribution >= 4 is 5.91 Å². The number of carbonyl (C=O) groups is 1. The van der Waals surface area contributed by atoms with Crippen LogP contribution >= 0.6 is 0 Å². The molecule has 9 nitrogen and oxygen atoms in total. The van der Waals surface area contributed by atoms with Crippen molar-refractivity contribution < 1.29 is 18.8 Å². The molecule has 0 spiro atoms. The van der Waals surface area contributed by atoms with Gasteiger partial charge in [0.1, 0.15) is 0 Å². The second-order valence-corrected chi connectivity index (χ2v) is 8.47.